The van der Waals surface area contributed by atoms with Crippen LogP contribution in [0.25, 0.3) is 0 Å². The quantitative estimate of drug-likeness (QED) is 0.807. The number of ether oxygens (including phenoxy) is 1. The summed E-state index contributed by atoms with van der Waals surface area (Å²) < 4.78 is 5.66. The van der Waals surface area contributed by atoms with Crippen LogP contribution in [0.4, 0.5) is 11.4 Å². The van der Waals surface area contributed by atoms with Gasteiger partial charge < -0.3 is 15.8 Å². The van der Waals surface area contributed by atoms with Gasteiger partial charge in [0.2, 0.25) is 0 Å². The van der Waals surface area contributed by atoms with Gasteiger partial charge in [-0.05, 0) is 31.4 Å². The molecule has 0 spiro atoms. The molecule has 3 nitrogen and oxygen atoms in total. The lowest BCUT2D eigenvalue weighted by molar-refractivity contribution is 0.242. The molecule has 0 amide bonds. The highest BCUT2D eigenvalue weighted by atomic mass is 32.1. The minimum Gasteiger partial charge on any atom is -0.491 e. The molecule has 2 aromatic rings. The number of nitrogens with one attached hydrogen (secondary N) is 1. The molecule has 4 heteroatoms. The number of nitrogen functional groups attached to an aromatic ring is 1. The topological polar surface area (TPSA) is 47.3 Å². The fraction of sp³-hybridized carbons (Fsp3) is 0.286. The van der Waals surface area contributed by atoms with Crippen LogP contribution in [0.3, 0.4) is 0 Å². The van der Waals surface area contributed by atoms with Gasteiger partial charge in [-0.25, -0.2) is 0 Å². The van der Waals surface area contributed by atoms with Crippen LogP contribution in [-0.2, 0) is 6.54 Å². The average molecular weight is 262 g/mol. The van der Waals surface area contributed by atoms with Crippen molar-refractivity contribution in [3.8, 4) is 5.75 Å². The third kappa shape index (κ3) is 3.67. The zero-order valence-corrected chi connectivity index (χ0v) is 11.5. The van der Waals surface area contributed by atoms with Crippen molar-refractivity contribution in [2.24, 2.45) is 0 Å². The third-order valence-corrected chi connectivity index (χ3v) is 3.22. The second-order valence-corrected chi connectivity index (χ2v) is 5.42. The van der Waals surface area contributed by atoms with Gasteiger partial charge in [0.05, 0.1) is 6.10 Å². The first-order chi connectivity index (χ1) is 8.63. The van der Waals surface area contributed by atoms with Crippen LogP contribution < -0.4 is 15.8 Å². The van der Waals surface area contributed by atoms with Gasteiger partial charge in [-0.15, -0.1) is 11.3 Å². The number of thiophene rings is 1. The number of benzene rings is 1. The number of nitrogens with two attached hydrogens (primary N) is 1. The Kier molecular flexibility index (Phi) is 4.10. The minimum atomic E-state index is 0.150. The summed E-state index contributed by atoms with van der Waals surface area (Å²) in [5, 5.41) is 5.43. The minimum absolute atomic E-state index is 0.150. The molecule has 0 aliphatic carbocycles. The van der Waals surface area contributed by atoms with Gasteiger partial charge >= 0.3 is 0 Å². The Balaban J connectivity index is 2.05. The molecule has 0 saturated heterocycles. The van der Waals surface area contributed by atoms with Crippen molar-refractivity contribution in [2.75, 3.05) is 11.1 Å². The van der Waals surface area contributed by atoms with Crippen LogP contribution in [0.15, 0.2) is 35.7 Å². The Morgan fingerprint density at radius 2 is 2.17 bits per heavy atom. The molecule has 18 heavy (non-hydrogen) atoms. The molecule has 0 saturated carbocycles. The largest absolute Gasteiger partial charge is 0.491 e. The van der Waals surface area contributed by atoms with E-state index in [2.05, 4.69) is 16.8 Å². The van der Waals surface area contributed by atoms with E-state index in [1.807, 2.05) is 38.1 Å². The van der Waals surface area contributed by atoms with Gasteiger partial charge in [0.15, 0.2) is 0 Å². The van der Waals surface area contributed by atoms with Crippen LogP contribution in [0.1, 0.15) is 18.7 Å². The summed E-state index contributed by atoms with van der Waals surface area (Å²) >= 11 is 1.74. The van der Waals surface area contributed by atoms with Gasteiger partial charge in [0, 0.05) is 34.9 Å². The molecule has 1 heterocycles. The fourth-order valence-electron chi connectivity index (χ4n) is 1.67. The summed E-state index contributed by atoms with van der Waals surface area (Å²) in [6.07, 6.45) is 0.150. The van der Waals surface area contributed by atoms with E-state index in [1.54, 1.807) is 11.3 Å². The van der Waals surface area contributed by atoms with Crippen molar-refractivity contribution in [2.45, 2.75) is 26.5 Å². The lowest BCUT2D eigenvalue weighted by atomic mass is 10.2. The highest BCUT2D eigenvalue weighted by Crippen LogP contribution is 2.24. The summed E-state index contributed by atoms with van der Waals surface area (Å²) in [5.41, 5.74) is 7.56. The van der Waals surface area contributed by atoms with E-state index in [4.69, 9.17) is 10.5 Å². The molecule has 0 aliphatic heterocycles. The first-order valence-corrected chi connectivity index (χ1v) is 6.85. The monoisotopic (exact) mass is 262 g/mol. The first-order valence-electron chi connectivity index (χ1n) is 5.97. The van der Waals surface area contributed by atoms with Crippen molar-refractivity contribution < 1.29 is 4.74 Å². The summed E-state index contributed by atoms with van der Waals surface area (Å²) in [7, 11) is 0. The highest BCUT2D eigenvalue weighted by Gasteiger charge is 2.02. The van der Waals surface area contributed by atoms with Crippen molar-refractivity contribution >= 4 is 22.7 Å². The fourth-order valence-corrected chi connectivity index (χ4v) is 2.31. The molecular formula is C14H18N2OS. The predicted octanol–water partition coefficient (Wildman–Crippen LogP) is 3.73. The molecule has 0 bridgehead atoms. The SMILES string of the molecule is CC(C)Oc1cc(N)cc(NCc2cccs2)c1. The zero-order chi connectivity index (χ0) is 13.0. The Labute approximate surface area is 112 Å². The van der Waals surface area contributed by atoms with Crippen LogP contribution in [-0.4, -0.2) is 6.10 Å². The van der Waals surface area contributed by atoms with E-state index >= 15 is 0 Å². The standard InChI is InChI=1S/C14H18N2OS/c1-10(2)17-13-7-11(15)6-12(8-13)16-9-14-4-3-5-18-14/h3-8,10,16H,9,15H2,1-2H3. The molecule has 0 unspecified atom stereocenters. The van der Waals surface area contributed by atoms with Gasteiger partial charge in [0.1, 0.15) is 5.75 Å². The van der Waals surface area contributed by atoms with E-state index in [-0.39, 0.29) is 6.10 Å². The molecule has 0 aliphatic rings. The molecular weight excluding hydrogens is 244 g/mol. The average Bonchev–Trinajstić information content (AvgIpc) is 2.77. The maximum atomic E-state index is 5.87. The molecule has 1 aromatic heterocycles. The summed E-state index contributed by atoms with van der Waals surface area (Å²) in [4.78, 5) is 1.30. The van der Waals surface area contributed by atoms with Crippen molar-refractivity contribution in [3.05, 3.63) is 40.6 Å². The van der Waals surface area contributed by atoms with Gasteiger partial charge in [-0.1, -0.05) is 6.07 Å². The first kappa shape index (κ1) is 12.8. The maximum absolute atomic E-state index is 5.87. The predicted molar refractivity (Wildman–Crippen MR) is 78.3 cm³/mol. The highest BCUT2D eigenvalue weighted by molar-refractivity contribution is 7.09. The van der Waals surface area contributed by atoms with Gasteiger partial charge in [-0.3, -0.25) is 0 Å². The van der Waals surface area contributed by atoms with E-state index in [1.165, 1.54) is 4.88 Å². The van der Waals surface area contributed by atoms with Gasteiger partial charge in [0.25, 0.3) is 0 Å². The molecule has 0 fully saturated rings. The number of anilines is 2. The summed E-state index contributed by atoms with van der Waals surface area (Å²) in [6.45, 7) is 4.81. The molecule has 1 aromatic carbocycles. The maximum Gasteiger partial charge on any atom is 0.123 e. The van der Waals surface area contributed by atoms with E-state index < -0.39 is 0 Å². The summed E-state index contributed by atoms with van der Waals surface area (Å²) in [6, 6.07) is 9.89. The van der Waals surface area contributed by atoms with E-state index in [0.717, 1.165) is 18.0 Å². The second kappa shape index (κ2) is 5.78. The van der Waals surface area contributed by atoms with Crippen molar-refractivity contribution in [1.82, 2.24) is 0 Å². The van der Waals surface area contributed by atoms with Crippen LogP contribution in [0.2, 0.25) is 0 Å². The van der Waals surface area contributed by atoms with Crippen molar-refractivity contribution in [1.29, 1.82) is 0 Å². The molecule has 3 N–H and O–H groups in total. The Morgan fingerprint density at radius 1 is 1.33 bits per heavy atom. The van der Waals surface area contributed by atoms with Crippen LogP contribution in [0.5, 0.6) is 5.75 Å². The smallest absolute Gasteiger partial charge is 0.123 e. The third-order valence-electron chi connectivity index (χ3n) is 2.35. The molecule has 96 valence electrons. The number of hydrogen-bond donors (Lipinski definition) is 2. The van der Waals surface area contributed by atoms with E-state index in [9.17, 15) is 0 Å². The Morgan fingerprint density at radius 3 is 2.83 bits per heavy atom. The molecule has 2 rings (SSSR count). The van der Waals surface area contributed by atoms with Crippen LogP contribution in [0, 0.1) is 0 Å². The Hall–Kier alpha value is -1.68. The van der Waals surface area contributed by atoms with Gasteiger partial charge in [-0.2, -0.15) is 0 Å². The molecule has 0 radical (unpaired) electrons. The second-order valence-electron chi connectivity index (χ2n) is 4.39. The lowest BCUT2D eigenvalue weighted by Gasteiger charge is -2.13. The Bertz CT molecular complexity index is 495. The lowest BCUT2D eigenvalue weighted by Crippen LogP contribution is -2.06. The van der Waals surface area contributed by atoms with Crippen LogP contribution >= 0.6 is 11.3 Å². The zero-order valence-electron chi connectivity index (χ0n) is 10.6. The van der Waals surface area contributed by atoms with Crippen molar-refractivity contribution in [3.63, 3.8) is 0 Å². The normalized spacial score (nSPS) is 10.6. The number of hydrogen-bond acceptors (Lipinski definition) is 4. The molecule has 0 atom stereocenters. The van der Waals surface area contributed by atoms with E-state index in [0.29, 0.717) is 5.69 Å². The summed E-state index contributed by atoms with van der Waals surface area (Å²) in [5.74, 6) is 0.804. The number of rotatable bonds is 5.